The van der Waals surface area contributed by atoms with Crippen LogP contribution >= 0.6 is 0 Å². The van der Waals surface area contributed by atoms with E-state index in [1.807, 2.05) is 76.2 Å². The van der Waals surface area contributed by atoms with Gasteiger partial charge in [-0.25, -0.2) is 0 Å². The summed E-state index contributed by atoms with van der Waals surface area (Å²) >= 11 is 0. The summed E-state index contributed by atoms with van der Waals surface area (Å²) in [5.41, 5.74) is 2.14. The largest absolute Gasteiger partial charge is 0.497 e. The van der Waals surface area contributed by atoms with Gasteiger partial charge in [0.1, 0.15) is 5.75 Å². The van der Waals surface area contributed by atoms with Crippen LogP contribution in [0.5, 0.6) is 5.75 Å². The van der Waals surface area contributed by atoms with Crippen molar-refractivity contribution in [2.75, 3.05) is 7.11 Å². The highest BCUT2D eigenvalue weighted by atomic mass is 16.7. The first-order valence-electron chi connectivity index (χ1n) is 9.33. The highest BCUT2D eigenvalue weighted by Crippen LogP contribution is 2.36. The number of hydrogen-bond donors (Lipinski definition) is 0. The van der Waals surface area contributed by atoms with E-state index in [0.29, 0.717) is 18.4 Å². The summed E-state index contributed by atoms with van der Waals surface area (Å²) in [7, 11) is 1.26. The molecule has 0 unspecified atom stereocenters. The maximum Gasteiger partial charge on any atom is 0.494 e. The number of methoxy groups -OCH3 is 1. The van der Waals surface area contributed by atoms with E-state index in [4.69, 9.17) is 14.0 Å². The Kier molecular flexibility index (Phi) is 5.45. The molecule has 0 atom stereocenters. The van der Waals surface area contributed by atoms with Crippen LogP contribution in [0.1, 0.15) is 50.0 Å². The monoisotopic (exact) mass is 366 g/mol. The van der Waals surface area contributed by atoms with Gasteiger partial charge in [0.15, 0.2) is 5.78 Å². The first-order valence-corrected chi connectivity index (χ1v) is 9.33. The van der Waals surface area contributed by atoms with E-state index in [-0.39, 0.29) is 24.1 Å². The Hall–Kier alpha value is -2.11. The maximum atomic E-state index is 12.4. The van der Waals surface area contributed by atoms with Gasteiger partial charge in [0.25, 0.3) is 0 Å². The van der Waals surface area contributed by atoms with Crippen molar-refractivity contribution in [2.45, 2.75) is 51.7 Å². The fraction of sp³-hybridized carbons (Fsp3) is 0.409. The van der Waals surface area contributed by atoms with E-state index in [9.17, 15) is 4.79 Å². The molecule has 5 heteroatoms. The Bertz CT molecular complexity index is 778. The normalized spacial score (nSPS) is 17.7. The predicted octanol–water partition coefficient (Wildman–Crippen LogP) is 3.81. The molecule has 0 spiro atoms. The Labute approximate surface area is 162 Å². The van der Waals surface area contributed by atoms with Gasteiger partial charge in [-0.1, -0.05) is 24.3 Å². The van der Waals surface area contributed by atoms with Crippen molar-refractivity contribution in [3.63, 3.8) is 0 Å². The minimum atomic E-state index is -0.356. The molecule has 2 aromatic carbocycles. The lowest BCUT2D eigenvalue weighted by molar-refractivity contribution is 0.00578. The minimum Gasteiger partial charge on any atom is -0.497 e. The third-order valence-electron chi connectivity index (χ3n) is 5.56. The second kappa shape index (κ2) is 7.49. The van der Waals surface area contributed by atoms with Crippen molar-refractivity contribution >= 4 is 18.4 Å². The number of aryl methyl sites for hydroxylation is 1. The number of Topliss-reactive ketones (excluding diaryl/α,β-unsaturated/α-hetero) is 1. The number of rotatable bonds is 6. The van der Waals surface area contributed by atoms with Crippen LogP contribution in [-0.2, 0) is 15.7 Å². The molecule has 142 valence electrons. The molecule has 1 aliphatic heterocycles. The van der Waals surface area contributed by atoms with Crippen LogP contribution in [0.15, 0.2) is 48.5 Å². The molecule has 0 amide bonds. The van der Waals surface area contributed by atoms with Crippen molar-refractivity contribution in [1.29, 1.82) is 0 Å². The number of carbonyl (C=O) groups excluding carboxylic acids is 1. The molecule has 0 radical (unpaired) electrons. The van der Waals surface area contributed by atoms with E-state index < -0.39 is 0 Å². The standard InChI is InChI=1S/C22H27BO4/c1-21(2)22(3,4)27-23(26-21)18-11-6-16(7-12-18)8-15-20(24)17-9-13-19(25-5)14-10-17/h6-7,9-14H,8,15H2,1-5H3. The highest BCUT2D eigenvalue weighted by Gasteiger charge is 2.51. The second-order valence-electron chi connectivity index (χ2n) is 7.98. The Morgan fingerprint density at radius 2 is 1.48 bits per heavy atom. The number of carbonyl (C=O) groups is 1. The molecule has 0 bridgehead atoms. The van der Waals surface area contributed by atoms with E-state index in [0.717, 1.165) is 16.8 Å². The molecular weight excluding hydrogens is 339 g/mol. The zero-order valence-electron chi connectivity index (χ0n) is 16.7. The van der Waals surface area contributed by atoms with Crippen LogP contribution in [-0.4, -0.2) is 31.2 Å². The SMILES string of the molecule is COc1ccc(C(=O)CCc2ccc(B3OC(C)(C)C(C)(C)O3)cc2)cc1. The molecule has 27 heavy (non-hydrogen) atoms. The van der Waals surface area contributed by atoms with Crippen LogP contribution < -0.4 is 10.2 Å². The van der Waals surface area contributed by atoms with Gasteiger partial charge in [-0.2, -0.15) is 0 Å². The molecule has 4 nitrogen and oxygen atoms in total. The number of hydrogen-bond acceptors (Lipinski definition) is 4. The topological polar surface area (TPSA) is 44.8 Å². The van der Waals surface area contributed by atoms with E-state index >= 15 is 0 Å². The summed E-state index contributed by atoms with van der Waals surface area (Å²) in [5, 5.41) is 0. The summed E-state index contributed by atoms with van der Waals surface area (Å²) in [6.07, 6.45) is 1.18. The first kappa shape index (κ1) is 19.7. The van der Waals surface area contributed by atoms with Crippen molar-refractivity contribution in [2.24, 2.45) is 0 Å². The quantitative estimate of drug-likeness (QED) is 0.576. The molecular formula is C22H27BO4. The third-order valence-corrected chi connectivity index (χ3v) is 5.56. The molecule has 1 saturated heterocycles. The van der Waals surface area contributed by atoms with E-state index in [2.05, 4.69) is 0 Å². The third kappa shape index (κ3) is 4.25. The van der Waals surface area contributed by atoms with Crippen molar-refractivity contribution in [3.8, 4) is 5.75 Å². The summed E-state index contributed by atoms with van der Waals surface area (Å²) in [6, 6.07) is 15.4. The Morgan fingerprint density at radius 3 is 2.00 bits per heavy atom. The lowest BCUT2D eigenvalue weighted by atomic mass is 9.78. The molecule has 0 saturated carbocycles. The average molecular weight is 366 g/mol. The van der Waals surface area contributed by atoms with Gasteiger partial charge in [0.2, 0.25) is 0 Å². The van der Waals surface area contributed by atoms with Crippen molar-refractivity contribution < 1.29 is 18.8 Å². The summed E-state index contributed by atoms with van der Waals surface area (Å²) < 4.78 is 17.3. The Balaban J connectivity index is 1.59. The molecule has 1 aliphatic rings. The van der Waals surface area contributed by atoms with Gasteiger partial charge >= 0.3 is 7.12 Å². The van der Waals surface area contributed by atoms with Crippen LogP contribution in [0.25, 0.3) is 0 Å². The zero-order chi connectivity index (χ0) is 19.7. The lowest BCUT2D eigenvalue weighted by Gasteiger charge is -2.32. The fourth-order valence-electron chi connectivity index (χ4n) is 3.00. The first-order chi connectivity index (χ1) is 12.7. The molecule has 0 aliphatic carbocycles. The fourth-order valence-corrected chi connectivity index (χ4v) is 3.00. The van der Waals surface area contributed by atoms with Crippen LogP contribution in [0.4, 0.5) is 0 Å². The van der Waals surface area contributed by atoms with Gasteiger partial charge in [0, 0.05) is 12.0 Å². The second-order valence-corrected chi connectivity index (χ2v) is 7.98. The number of benzene rings is 2. The molecule has 1 heterocycles. The molecule has 0 N–H and O–H groups in total. The highest BCUT2D eigenvalue weighted by molar-refractivity contribution is 6.62. The smallest absolute Gasteiger partial charge is 0.494 e. The predicted molar refractivity (Wildman–Crippen MR) is 108 cm³/mol. The lowest BCUT2D eigenvalue weighted by Crippen LogP contribution is -2.41. The molecule has 3 rings (SSSR count). The van der Waals surface area contributed by atoms with Crippen LogP contribution in [0.3, 0.4) is 0 Å². The van der Waals surface area contributed by atoms with E-state index in [1.165, 1.54) is 0 Å². The maximum absolute atomic E-state index is 12.4. The minimum absolute atomic E-state index is 0.132. The molecule has 2 aromatic rings. The van der Waals surface area contributed by atoms with Gasteiger partial charge in [0.05, 0.1) is 18.3 Å². The summed E-state index contributed by atoms with van der Waals surface area (Å²) in [4.78, 5) is 12.4. The summed E-state index contributed by atoms with van der Waals surface area (Å²) in [6.45, 7) is 8.19. The van der Waals surface area contributed by atoms with Gasteiger partial charge < -0.3 is 14.0 Å². The summed E-state index contributed by atoms with van der Waals surface area (Å²) in [5.74, 6) is 0.887. The van der Waals surface area contributed by atoms with Crippen molar-refractivity contribution in [1.82, 2.24) is 0 Å². The van der Waals surface area contributed by atoms with Gasteiger partial charge in [-0.05, 0) is 69.4 Å². The number of ether oxygens (including phenoxy) is 1. The number of ketones is 1. The van der Waals surface area contributed by atoms with Gasteiger partial charge in [-0.3, -0.25) is 4.79 Å². The van der Waals surface area contributed by atoms with E-state index in [1.54, 1.807) is 7.11 Å². The van der Waals surface area contributed by atoms with Crippen molar-refractivity contribution in [3.05, 3.63) is 59.7 Å². The molecule has 0 aromatic heterocycles. The zero-order valence-corrected chi connectivity index (χ0v) is 16.7. The molecule has 1 fully saturated rings. The average Bonchev–Trinajstić information content (AvgIpc) is 2.87. The van der Waals surface area contributed by atoms with Gasteiger partial charge in [-0.15, -0.1) is 0 Å². The Morgan fingerprint density at radius 1 is 0.926 bits per heavy atom. The van der Waals surface area contributed by atoms with Crippen LogP contribution in [0.2, 0.25) is 0 Å². The van der Waals surface area contributed by atoms with Crippen LogP contribution in [0, 0.1) is 0 Å².